The zero-order valence-electron chi connectivity index (χ0n) is 63.5. The highest BCUT2D eigenvalue weighted by Gasteiger charge is 2.88. The van der Waals surface area contributed by atoms with Gasteiger partial charge < -0.3 is 138 Å². The lowest BCUT2D eigenvalue weighted by Crippen LogP contribution is -2.77. The van der Waals surface area contributed by atoms with E-state index in [2.05, 4.69) is 20.8 Å². The molecule has 1 spiro atoms. The van der Waals surface area contributed by atoms with E-state index in [-0.39, 0.29) is 36.7 Å². The maximum Gasteiger partial charge on any atom is 0.338 e. The summed E-state index contributed by atoms with van der Waals surface area (Å²) in [6.45, 7) is 16.2. The van der Waals surface area contributed by atoms with E-state index >= 15 is 4.79 Å². The SMILES string of the molecule is CC(=O)O[C@@H]1C[C@]2(C)[C@@]3(CC[C@@H]4[C@@]5(C)CC[C@H](O[C@@H]6O[C@H](C(=O)O)[C@@H](O)[C@H](O[C@@H]7O[C@H](CO)[C@H](O)[C@H](O)[C@H]7O[C@@H]7O[C@@H](C)[C@H](O)[C@@H](O)[C@H]7O[C@@H]7O[C@@H](C)[C@H](O)[C@@H](O)[C@H]7O)[C@H]6O[C@@H]6O[C@H](CO)[C@H](O)[C@H](O)[C@H]6O)C(C)(C)[C@@H]5CC[C@]42C)OC(=O)[C@]12[C@H]3CC(C)(C)[C@@H](OC(=O)c1ccccc1)[C@@H]2OC(=O)/C=C/c1ccccc1. The van der Waals surface area contributed by atoms with Crippen molar-refractivity contribution in [3.63, 3.8) is 0 Å². The molecule has 6 aliphatic heterocycles. The molecule has 14 N–H and O–H groups in total. The van der Waals surface area contributed by atoms with E-state index in [9.17, 15) is 90.7 Å². The normalized spacial score (nSPS) is 48.5. The van der Waals surface area contributed by atoms with Gasteiger partial charge in [-0.05, 0) is 117 Å². The number of carbonyl (C=O) groups is 5. The number of carboxylic acid groups (broad SMARTS) is 1. The number of esters is 4. The molecule has 37 atom stereocenters. The van der Waals surface area contributed by atoms with Crippen LogP contribution >= 0.6 is 0 Å². The van der Waals surface area contributed by atoms with Crippen molar-refractivity contribution in [3.05, 3.63) is 77.9 Å². The number of aliphatic hydroxyl groups is 13. The number of aliphatic hydroxyl groups excluding tert-OH is 13. The fourth-order valence-corrected chi connectivity index (χ4v) is 21.7. The van der Waals surface area contributed by atoms with Gasteiger partial charge in [0.15, 0.2) is 49.1 Å². The lowest BCUT2D eigenvalue weighted by molar-refractivity contribution is -0.412. The Morgan fingerprint density at radius 2 is 1.03 bits per heavy atom. The Labute approximate surface area is 640 Å². The highest BCUT2D eigenvalue weighted by atomic mass is 16.8. The molecule has 5 saturated carbocycles. The van der Waals surface area contributed by atoms with Crippen LogP contribution in [0.15, 0.2) is 66.7 Å². The summed E-state index contributed by atoms with van der Waals surface area (Å²) in [5.74, 6) is -6.11. The lowest BCUT2D eigenvalue weighted by atomic mass is 9.30. The van der Waals surface area contributed by atoms with Crippen molar-refractivity contribution in [2.45, 2.75) is 304 Å². The number of carboxylic acids is 1. The van der Waals surface area contributed by atoms with Gasteiger partial charge in [0.05, 0.1) is 37.1 Å². The molecule has 111 heavy (non-hydrogen) atoms. The number of rotatable bonds is 19. The van der Waals surface area contributed by atoms with Crippen LogP contribution in [0.1, 0.15) is 137 Å². The van der Waals surface area contributed by atoms with Crippen molar-refractivity contribution < 1.29 is 162 Å². The van der Waals surface area contributed by atoms with Crippen LogP contribution in [0.25, 0.3) is 6.08 Å². The van der Waals surface area contributed by atoms with E-state index in [1.807, 2.05) is 33.8 Å². The first-order valence-corrected chi connectivity index (χ1v) is 38.3. The highest BCUT2D eigenvalue weighted by Crippen LogP contribution is 2.81. The first kappa shape index (κ1) is 83.6. The Kier molecular flexibility index (Phi) is 23.5. The van der Waals surface area contributed by atoms with Gasteiger partial charge in [0.2, 0.25) is 0 Å². The van der Waals surface area contributed by atoms with E-state index in [0.717, 1.165) is 0 Å². The van der Waals surface area contributed by atoms with Gasteiger partial charge in [0.25, 0.3) is 0 Å². The molecule has 0 unspecified atom stereocenters. The van der Waals surface area contributed by atoms with Crippen LogP contribution in [0.2, 0.25) is 0 Å². The lowest BCUT2D eigenvalue weighted by Gasteiger charge is -2.74. The summed E-state index contributed by atoms with van der Waals surface area (Å²) in [6.07, 6.45) is -48.5. The molecule has 2 bridgehead atoms. The molecule has 0 amide bonds. The standard InChI is InChI=1S/C78H108O33/c1-33-46(83)50(87)54(91)66(98-33)107-59-52(89)47(84)34(2)99-68(59)108-60-53(90)49(86)39(32-80)102-69(60)105-57-56(93)58(64(94)95)106-70(61(57)109-67-55(92)51(88)48(85)38(31-79)101-67)103-43-25-26-74(8)40(73(43,6)7)23-27-75(9)41(74)24-28-77-42-29-72(4,5)62(110-65(96)37-19-15-12-16-20-37)63(104-45(82)22-21-36-17-13-11-14-18-36)78(42,71(97)111-77)44(100-35(3)81)30-76(75,77)10/h11-22,33-34,38-44,46-63,66-70,79-80,83-93H,23-32H2,1-10H3,(H,94,95)/b22-21+/t33-,34-,38+,39+,40-,41+,42-,43-,44+,46-,47-,48-,49-,50+,51-,52+,53-,54+,55+,56-,57-,58-,59+,60+,61+,62-,63-,66-,67-,68-,69-,70+,74-,75+,76-,77-,78+/m0/s1. The van der Waals surface area contributed by atoms with E-state index in [0.29, 0.717) is 37.7 Å². The van der Waals surface area contributed by atoms with Crippen LogP contribution in [0.5, 0.6) is 0 Å². The quantitative estimate of drug-likeness (QED) is 0.0374. The molecule has 33 heteroatoms. The Hall–Kier alpha value is -5.39. The summed E-state index contributed by atoms with van der Waals surface area (Å²) in [4.78, 5) is 72.4. The second-order valence-electron chi connectivity index (χ2n) is 34.4. The summed E-state index contributed by atoms with van der Waals surface area (Å²) < 4.78 is 88.9. The van der Waals surface area contributed by atoms with Crippen molar-refractivity contribution in [1.82, 2.24) is 0 Å². The molecule has 0 radical (unpaired) electrons. The summed E-state index contributed by atoms with van der Waals surface area (Å²) >= 11 is 0. The number of carbonyl (C=O) groups excluding carboxylic acids is 4. The van der Waals surface area contributed by atoms with Gasteiger partial charge >= 0.3 is 29.8 Å². The molecular weight excluding hydrogens is 1460 g/mol. The second kappa shape index (κ2) is 31.2. The largest absolute Gasteiger partial charge is 0.479 e. The van der Waals surface area contributed by atoms with Crippen molar-refractivity contribution in [1.29, 1.82) is 0 Å². The zero-order chi connectivity index (χ0) is 80.5. The van der Waals surface area contributed by atoms with Crippen molar-refractivity contribution in [2.24, 2.45) is 50.2 Å². The number of hydrogen-bond donors (Lipinski definition) is 14. The fourth-order valence-electron chi connectivity index (χ4n) is 21.7. The minimum Gasteiger partial charge on any atom is -0.479 e. The Morgan fingerprint density at radius 3 is 1.65 bits per heavy atom. The Balaban J connectivity index is 0.824. The summed E-state index contributed by atoms with van der Waals surface area (Å²) in [5, 5.41) is 157. The van der Waals surface area contributed by atoms with E-state index in [4.69, 9.17) is 66.3 Å². The van der Waals surface area contributed by atoms with E-state index < -0.39 is 265 Å². The maximum absolute atomic E-state index is 16.0. The molecular formula is C78H108O33. The van der Waals surface area contributed by atoms with Gasteiger partial charge in [-0.3, -0.25) is 9.59 Å². The number of ether oxygens (including phenoxy) is 14. The molecule has 13 rings (SSSR count). The molecule has 618 valence electrons. The molecule has 0 aromatic heterocycles. The predicted molar refractivity (Wildman–Crippen MR) is 374 cm³/mol. The van der Waals surface area contributed by atoms with Crippen molar-refractivity contribution >= 4 is 35.9 Å². The topological polar surface area (TPSA) is 498 Å². The van der Waals surface area contributed by atoms with Gasteiger partial charge in [-0.25, -0.2) is 14.4 Å². The molecule has 2 aromatic carbocycles. The van der Waals surface area contributed by atoms with Gasteiger partial charge in [-0.1, -0.05) is 97.0 Å². The van der Waals surface area contributed by atoms with Crippen LogP contribution in [0.3, 0.4) is 0 Å². The second-order valence-corrected chi connectivity index (χ2v) is 34.4. The van der Waals surface area contributed by atoms with Crippen LogP contribution in [-0.4, -0.2) is 298 Å². The molecule has 11 fully saturated rings. The number of benzene rings is 2. The average molecular weight is 1570 g/mol. The van der Waals surface area contributed by atoms with Crippen LogP contribution < -0.4 is 0 Å². The van der Waals surface area contributed by atoms with Crippen LogP contribution in [0, 0.1) is 50.2 Å². The van der Waals surface area contributed by atoms with E-state index in [1.165, 1.54) is 26.8 Å². The molecule has 33 nitrogen and oxygen atoms in total. The fraction of sp³-hybridized carbons (Fsp3) is 0.756. The summed E-state index contributed by atoms with van der Waals surface area (Å²) in [5.41, 5.74) is -6.67. The van der Waals surface area contributed by atoms with Gasteiger partial charge in [-0.2, -0.15) is 0 Å². The third-order valence-corrected chi connectivity index (χ3v) is 27.6. The first-order valence-electron chi connectivity index (χ1n) is 38.3. The number of aliphatic carboxylic acids is 1. The maximum atomic E-state index is 16.0. The smallest absolute Gasteiger partial charge is 0.338 e. The van der Waals surface area contributed by atoms with Crippen LogP contribution in [-0.2, 0) is 85.5 Å². The Morgan fingerprint density at radius 1 is 0.505 bits per heavy atom. The Bertz CT molecular complexity index is 3700. The van der Waals surface area contributed by atoms with Gasteiger partial charge in [0.1, 0.15) is 122 Å². The van der Waals surface area contributed by atoms with E-state index in [1.54, 1.807) is 60.7 Å². The minimum atomic E-state index is -2.40. The minimum absolute atomic E-state index is 0.0489. The van der Waals surface area contributed by atoms with Gasteiger partial charge in [-0.15, -0.1) is 0 Å². The third kappa shape index (κ3) is 14.0. The molecule has 5 aliphatic carbocycles. The average Bonchev–Trinajstić information content (AvgIpc) is 1.52. The monoisotopic (exact) mass is 1570 g/mol. The molecule has 6 saturated heterocycles. The van der Waals surface area contributed by atoms with Crippen molar-refractivity contribution in [2.75, 3.05) is 13.2 Å². The number of fused-ring (bicyclic) bond motifs is 4. The molecule has 6 heterocycles. The summed E-state index contributed by atoms with van der Waals surface area (Å²) in [7, 11) is 0. The van der Waals surface area contributed by atoms with Crippen LogP contribution in [0.4, 0.5) is 0 Å². The molecule has 2 aromatic rings. The van der Waals surface area contributed by atoms with Gasteiger partial charge in [0, 0.05) is 29.7 Å². The van der Waals surface area contributed by atoms with Crippen molar-refractivity contribution in [3.8, 4) is 0 Å². The highest BCUT2D eigenvalue weighted by molar-refractivity contribution is 5.91. The zero-order valence-corrected chi connectivity index (χ0v) is 63.5. The third-order valence-electron chi connectivity index (χ3n) is 27.6. The predicted octanol–water partition coefficient (Wildman–Crippen LogP) is -0.211. The molecule has 11 aliphatic rings. The summed E-state index contributed by atoms with van der Waals surface area (Å²) in [6, 6.07) is 17.3. The first-order chi connectivity index (χ1) is 52.3. The number of hydrogen-bond acceptors (Lipinski definition) is 32.